The first-order chi connectivity index (χ1) is 11.0. The van der Waals surface area contributed by atoms with E-state index in [2.05, 4.69) is 38.7 Å². The number of pyridine rings is 1. The lowest BCUT2D eigenvalue weighted by Crippen LogP contribution is -2.65. The second-order valence-corrected chi connectivity index (χ2v) is 7.09. The molecule has 1 aromatic heterocycles. The molecule has 1 saturated carbocycles. The van der Waals surface area contributed by atoms with Crippen LogP contribution in [0.2, 0.25) is 0 Å². The maximum atomic E-state index is 13.1. The minimum absolute atomic E-state index is 0.201. The number of amides is 1. The van der Waals surface area contributed by atoms with Gasteiger partial charge in [-0.25, -0.2) is 4.98 Å². The maximum Gasteiger partial charge on any atom is 0.252 e. The number of nitrogens with zero attached hydrogens (tertiary/aromatic N) is 3. The number of rotatable bonds is 4. The number of aryl methyl sites for hydroxylation is 2. The van der Waals surface area contributed by atoms with Crippen LogP contribution in [-0.2, 0) is 17.6 Å². The van der Waals surface area contributed by atoms with E-state index in [0.29, 0.717) is 6.04 Å². The van der Waals surface area contributed by atoms with Crippen LogP contribution in [0.15, 0.2) is 6.07 Å². The van der Waals surface area contributed by atoms with Gasteiger partial charge in [0.1, 0.15) is 5.54 Å². The first-order valence-electron chi connectivity index (χ1n) is 9.08. The number of likely N-dealkylation sites (N-methyl/N-ethyl adjacent to an activating group) is 1. The van der Waals surface area contributed by atoms with Gasteiger partial charge in [0, 0.05) is 18.8 Å². The highest BCUT2D eigenvalue weighted by atomic mass is 16.2. The molecule has 23 heavy (non-hydrogen) atoms. The van der Waals surface area contributed by atoms with Gasteiger partial charge in [-0.05, 0) is 57.1 Å². The number of carbonyl (C=O) groups is 1. The van der Waals surface area contributed by atoms with Crippen LogP contribution in [0.3, 0.4) is 0 Å². The second kappa shape index (κ2) is 5.81. The predicted molar refractivity (Wildman–Crippen MR) is 95.2 cm³/mol. The zero-order valence-corrected chi connectivity index (χ0v) is 15.1. The van der Waals surface area contributed by atoms with Crippen LogP contribution in [-0.4, -0.2) is 29.5 Å². The molecule has 2 aliphatic rings. The zero-order chi connectivity index (χ0) is 16.8. The second-order valence-electron chi connectivity index (χ2n) is 7.09. The highest BCUT2D eigenvalue weighted by Gasteiger charge is 2.50. The summed E-state index contributed by atoms with van der Waals surface area (Å²) >= 11 is 0. The molecule has 126 valence electrons. The average Bonchev–Trinajstić information content (AvgIpc) is 2.53. The first kappa shape index (κ1) is 16.3. The molecule has 3 rings (SSSR count). The van der Waals surface area contributed by atoms with Gasteiger partial charge in [0.25, 0.3) is 5.91 Å². The highest BCUT2D eigenvalue weighted by Crippen LogP contribution is 2.45. The Balaban J connectivity index is 2.21. The number of fused-ring (bicyclic) bond motifs is 1. The Bertz CT molecular complexity index is 623. The van der Waals surface area contributed by atoms with Crippen molar-refractivity contribution in [2.24, 2.45) is 0 Å². The fourth-order valence-corrected chi connectivity index (χ4v) is 3.96. The molecule has 1 amide bonds. The van der Waals surface area contributed by atoms with E-state index >= 15 is 0 Å². The molecule has 0 unspecified atom stereocenters. The standard InChI is InChI=1S/C19H29N3O/c1-6-13-12-16-17(20-15(13)7-2)22(14-10-9-11-14)19(4,8-3)18(23)21(16)5/h12,14H,6-11H2,1-5H3/t19-/m1/s1. The van der Waals surface area contributed by atoms with Crippen LogP contribution in [0.5, 0.6) is 0 Å². The van der Waals surface area contributed by atoms with Gasteiger partial charge >= 0.3 is 0 Å². The predicted octanol–water partition coefficient (Wildman–Crippen LogP) is 3.71. The van der Waals surface area contributed by atoms with Crippen LogP contribution in [0.1, 0.15) is 64.6 Å². The molecule has 0 radical (unpaired) electrons. The third-order valence-electron chi connectivity index (χ3n) is 5.88. The molecule has 0 aromatic carbocycles. The summed E-state index contributed by atoms with van der Waals surface area (Å²) in [5.41, 5.74) is 2.96. The van der Waals surface area contributed by atoms with Crippen molar-refractivity contribution in [2.75, 3.05) is 16.8 Å². The summed E-state index contributed by atoms with van der Waals surface area (Å²) in [6.45, 7) is 8.53. The van der Waals surface area contributed by atoms with Crippen molar-refractivity contribution in [1.82, 2.24) is 4.98 Å². The van der Waals surface area contributed by atoms with E-state index in [-0.39, 0.29) is 5.91 Å². The van der Waals surface area contributed by atoms with Crippen molar-refractivity contribution in [1.29, 1.82) is 0 Å². The summed E-state index contributed by atoms with van der Waals surface area (Å²) in [6.07, 6.45) is 6.31. The normalized spacial score (nSPS) is 24.7. The Hall–Kier alpha value is -1.58. The fraction of sp³-hybridized carbons (Fsp3) is 0.684. The van der Waals surface area contributed by atoms with E-state index in [1.807, 2.05) is 11.9 Å². The summed E-state index contributed by atoms with van der Waals surface area (Å²) in [7, 11) is 1.90. The number of aromatic nitrogens is 1. The van der Waals surface area contributed by atoms with Crippen LogP contribution < -0.4 is 9.80 Å². The summed E-state index contributed by atoms with van der Waals surface area (Å²) in [5.74, 6) is 1.22. The Morgan fingerprint density at radius 3 is 2.43 bits per heavy atom. The molecule has 1 fully saturated rings. The number of hydrogen-bond acceptors (Lipinski definition) is 3. The summed E-state index contributed by atoms with van der Waals surface area (Å²) in [5, 5.41) is 0. The van der Waals surface area contributed by atoms with E-state index in [1.54, 1.807) is 0 Å². The van der Waals surface area contributed by atoms with Gasteiger partial charge in [0.05, 0.1) is 5.69 Å². The van der Waals surface area contributed by atoms with Crippen LogP contribution in [0.25, 0.3) is 0 Å². The van der Waals surface area contributed by atoms with Crippen molar-refractivity contribution >= 4 is 17.4 Å². The topological polar surface area (TPSA) is 36.4 Å². The third kappa shape index (κ3) is 2.26. The molecule has 2 heterocycles. The van der Waals surface area contributed by atoms with Gasteiger partial charge in [-0.15, -0.1) is 0 Å². The van der Waals surface area contributed by atoms with E-state index in [4.69, 9.17) is 4.98 Å². The zero-order valence-electron chi connectivity index (χ0n) is 15.1. The SMILES string of the molecule is CCc1cc2c(nc1CC)N(C1CCC1)[C@](C)(CC)C(=O)N2C. The monoisotopic (exact) mass is 315 g/mol. The van der Waals surface area contributed by atoms with E-state index < -0.39 is 5.54 Å². The molecule has 0 spiro atoms. The quantitative estimate of drug-likeness (QED) is 0.850. The van der Waals surface area contributed by atoms with Crippen molar-refractivity contribution < 1.29 is 4.79 Å². The van der Waals surface area contributed by atoms with Crippen molar-refractivity contribution in [3.63, 3.8) is 0 Å². The molecule has 0 N–H and O–H groups in total. The Morgan fingerprint density at radius 1 is 1.26 bits per heavy atom. The van der Waals surface area contributed by atoms with E-state index in [9.17, 15) is 4.79 Å². The molecular weight excluding hydrogens is 286 g/mol. The van der Waals surface area contributed by atoms with Crippen LogP contribution >= 0.6 is 0 Å². The number of anilines is 2. The van der Waals surface area contributed by atoms with Gasteiger partial charge in [0.2, 0.25) is 0 Å². The number of hydrogen-bond donors (Lipinski definition) is 0. The summed E-state index contributed by atoms with van der Waals surface area (Å²) < 4.78 is 0. The Kier molecular flexibility index (Phi) is 4.11. The Morgan fingerprint density at radius 2 is 1.96 bits per heavy atom. The average molecular weight is 315 g/mol. The lowest BCUT2D eigenvalue weighted by molar-refractivity contribution is -0.124. The molecule has 1 aliphatic carbocycles. The first-order valence-corrected chi connectivity index (χ1v) is 9.08. The van der Waals surface area contributed by atoms with E-state index in [1.165, 1.54) is 30.5 Å². The lowest BCUT2D eigenvalue weighted by Gasteiger charge is -2.53. The van der Waals surface area contributed by atoms with Crippen LogP contribution in [0.4, 0.5) is 11.5 Å². The Labute approximate surface area is 139 Å². The van der Waals surface area contributed by atoms with Crippen LogP contribution in [0, 0.1) is 0 Å². The summed E-state index contributed by atoms with van der Waals surface area (Å²) in [6, 6.07) is 2.65. The summed E-state index contributed by atoms with van der Waals surface area (Å²) in [4.78, 5) is 22.3. The number of carbonyl (C=O) groups excluding carboxylic acids is 1. The molecule has 1 atom stereocenters. The minimum Gasteiger partial charge on any atom is -0.337 e. The molecule has 4 nitrogen and oxygen atoms in total. The highest BCUT2D eigenvalue weighted by molar-refractivity contribution is 6.07. The molecule has 4 heteroatoms. The molecule has 0 bridgehead atoms. The van der Waals surface area contributed by atoms with Gasteiger partial charge in [0.15, 0.2) is 5.82 Å². The minimum atomic E-state index is -0.474. The molecule has 1 aromatic rings. The fourth-order valence-electron chi connectivity index (χ4n) is 3.96. The molecule has 0 saturated heterocycles. The van der Waals surface area contributed by atoms with Gasteiger partial charge < -0.3 is 9.80 Å². The maximum absolute atomic E-state index is 13.1. The molecular formula is C19H29N3O. The van der Waals surface area contributed by atoms with Crippen molar-refractivity contribution in [3.05, 3.63) is 17.3 Å². The van der Waals surface area contributed by atoms with Crippen molar-refractivity contribution in [2.45, 2.75) is 77.8 Å². The van der Waals surface area contributed by atoms with Gasteiger partial charge in [-0.3, -0.25) is 4.79 Å². The van der Waals surface area contributed by atoms with Gasteiger partial charge in [-0.1, -0.05) is 20.8 Å². The largest absolute Gasteiger partial charge is 0.337 e. The van der Waals surface area contributed by atoms with E-state index in [0.717, 1.165) is 30.8 Å². The lowest BCUT2D eigenvalue weighted by atomic mass is 9.83. The molecule has 1 aliphatic heterocycles. The van der Waals surface area contributed by atoms with Gasteiger partial charge in [-0.2, -0.15) is 0 Å². The van der Waals surface area contributed by atoms with Crippen molar-refractivity contribution in [3.8, 4) is 0 Å². The third-order valence-corrected chi connectivity index (χ3v) is 5.88. The smallest absolute Gasteiger partial charge is 0.252 e.